The third-order valence-electron chi connectivity index (χ3n) is 5.96. The second-order valence-electron chi connectivity index (χ2n) is 8.59. The summed E-state index contributed by atoms with van der Waals surface area (Å²) in [4.78, 5) is 29.9. The Morgan fingerprint density at radius 3 is 2.40 bits per heavy atom. The molecule has 0 heterocycles. The van der Waals surface area contributed by atoms with E-state index in [9.17, 15) is 9.59 Å². The molecule has 8 nitrogen and oxygen atoms in total. The van der Waals surface area contributed by atoms with E-state index in [1.165, 1.54) is 5.39 Å². The number of guanidine groups is 1. The number of benzene rings is 3. The molecule has 0 aliphatic rings. The molecule has 0 saturated carbocycles. The van der Waals surface area contributed by atoms with Gasteiger partial charge in [-0.05, 0) is 52.8 Å². The molecule has 0 spiro atoms. The topological polar surface area (TPSA) is 149 Å². The summed E-state index contributed by atoms with van der Waals surface area (Å²) in [6, 6.07) is 20.7. The van der Waals surface area contributed by atoms with Crippen LogP contribution < -0.4 is 27.8 Å². The van der Waals surface area contributed by atoms with Gasteiger partial charge in [0.05, 0.1) is 0 Å². The highest BCUT2D eigenvalue weighted by atomic mass is 16.2. The van der Waals surface area contributed by atoms with E-state index in [0.29, 0.717) is 38.0 Å². The molecule has 8 N–H and O–H groups in total. The van der Waals surface area contributed by atoms with E-state index in [0.717, 1.165) is 16.5 Å². The number of carbonyl (C=O) groups excluding carboxylic acids is 2. The summed E-state index contributed by atoms with van der Waals surface area (Å²) in [7, 11) is 0. The molecular weight excluding hydrogens is 440 g/mol. The predicted molar refractivity (Wildman–Crippen MR) is 141 cm³/mol. The van der Waals surface area contributed by atoms with Crippen molar-refractivity contribution in [2.45, 2.75) is 38.3 Å². The minimum Gasteiger partial charge on any atom is -0.370 e. The Hall–Kier alpha value is -3.91. The van der Waals surface area contributed by atoms with Gasteiger partial charge in [0.2, 0.25) is 5.91 Å². The van der Waals surface area contributed by atoms with Crippen LogP contribution in [0.25, 0.3) is 10.8 Å². The zero-order valence-electron chi connectivity index (χ0n) is 20.0. The first-order valence-corrected chi connectivity index (χ1v) is 11.8. The van der Waals surface area contributed by atoms with Gasteiger partial charge in [-0.15, -0.1) is 0 Å². The smallest absolute Gasteiger partial charge is 0.251 e. The van der Waals surface area contributed by atoms with Crippen LogP contribution in [0.15, 0.2) is 71.7 Å². The summed E-state index contributed by atoms with van der Waals surface area (Å²) in [6.07, 6.45) is 0.944. The molecular formula is C27H34N6O2. The maximum atomic E-state index is 13.1. The van der Waals surface area contributed by atoms with E-state index in [1.54, 1.807) is 24.3 Å². The molecule has 0 aliphatic carbocycles. The van der Waals surface area contributed by atoms with Gasteiger partial charge in [0.1, 0.15) is 6.04 Å². The van der Waals surface area contributed by atoms with Crippen LogP contribution in [0.3, 0.4) is 0 Å². The summed E-state index contributed by atoms with van der Waals surface area (Å²) in [6.45, 7) is 3.29. The number of fused-ring (bicyclic) bond motifs is 1. The van der Waals surface area contributed by atoms with Crippen molar-refractivity contribution in [3.8, 4) is 0 Å². The summed E-state index contributed by atoms with van der Waals surface area (Å²) in [5, 5.41) is 8.20. The Kier molecular flexibility index (Phi) is 9.20. The highest BCUT2D eigenvalue weighted by Gasteiger charge is 2.22. The van der Waals surface area contributed by atoms with Crippen LogP contribution in [0, 0.1) is 0 Å². The lowest BCUT2D eigenvalue weighted by Crippen LogP contribution is -2.47. The second kappa shape index (κ2) is 12.5. The minimum absolute atomic E-state index is 0.000979. The number of nitrogens with one attached hydrogen (secondary N) is 2. The number of amides is 2. The minimum atomic E-state index is -0.717. The summed E-state index contributed by atoms with van der Waals surface area (Å²) >= 11 is 0. The first-order valence-electron chi connectivity index (χ1n) is 11.8. The van der Waals surface area contributed by atoms with Crippen molar-refractivity contribution in [1.82, 2.24) is 10.6 Å². The molecule has 0 unspecified atom stereocenters. The van der Waals surface area contributed by atoms with Crippen LogP contribution in [0.5, 0.6) is 0 Å². The Labute approximate surface area is 206 Å². The van der Waals surface area contributed by atoms with Gasteiger partial charge in [0.25, 0.3) is 5.91 Å². The van der Waals surface area contributed by atoms with E-state index in [-0.39, 0.29) is 23.7 Å². The molecule has 0 aromatic heterocycles. The number of nitrogens with two attached hydrogens (primary N) is 3. The van der Waals surface area contributed by atoms with Crippen molar-refractivity contribution in [3.63, 3.8) is 0 Å². The van der Waals surface area contributed by atoms with Gasteiger partial charge in [-0.25, -0.2) is 0 Å². The van der Waals surface area contributed by atoms with Crippen molar-refractivity contribution in [2.24, 2.45) is 22.2 Å². The number of rotatable bonds is 11. The second-order valence-corrected chi connectivity index (χ2v) is 8.59. The van der Waals surface area contributed by atoms with Crippen molar-refractivity contribution in [1.29, 1.82) is 0 Å². The van der Waals surface area contributed by atoms with E-state index < -0.39 is 6.04 Å². The van der Waals surface area contributed by atoms with Crippen molar-refractivity contribution >= 4 is 28.5 Å². The van der Waals surface area contributed by atoms with Gasteiger partial charge >= 0.3 is 0 Å². The Bertz CT molecular complexity index is 1170. The van der Waals surface area contributed by atoms with E-state index in [2.05, 4.69) is 46.8 Å². The molecule has 0 fully saturated rings. The van der Waals surface area contributed by atoms with E-state index >= 15 is 0 Å². The third kappa shape index (κ3) is 7.28. The molecule has 184 valence electrons. The van der Waals surface area contributed by atoms with Gasteiger partial charge < -0.3 is 27.8 Å². The number of aliphatic imine (C=N–C) groups is 1. The average Bonchev–Trinajstić information content (AvgIpc) is 2.88. The molecule has 0 bridgehead atoms. The first kappa shape index (κ1) is 25.7. The van der Waals surface area contributed by atoms with E-state index in [1.807, 2.05) is 18.2 Å². The van der Waals surface area contributed by atoms with Crippen molar-refractivity contribution < 1.29 is 9.59 Å². The molecule has 2 amide bonds. The van der Waals surface area contributed by atoms with Crippen LogP contribution in [0.2, 0.25) is 0 Å². The SMILES string of the molecule is C[C@H](CNC(=O)[C@H](CCCN=C(N)N)NC(=O)c1ccc(CN)cc1)c1cccc2ccccc12. The molecule has 8 heteroatoms. The number of hydrogen-bond donors (Lipinski definition) is 5. The normalized spacial score (nSPS) is 12.5. The van der Waals surface area contributed by atoms with Gasteiger partial charge in [0, 0.05) is 25.2 Å². The fourth-order valence-electron chi connectivity index (χ4n) is 3.97. The molecule has 35 heavy (non-hydrogen) atoms. The van der Waals surface area contributed by atoms with Gasteiger partial charge in [-0.2, -0.15) is 0 Å². The maximum absolute atomic E-state index is 13.1. The Balaban J connectivity index is 1.67. The summed E-state index contributed by atoms with van der Waals surface area (Å²) in [5.74, 6) is -0.475. The first-order chi connectivity index (χ1) is 16.9. The molecule has 0 aliphatic heterocycles. The lowest BCUT2D eigenvalue weighted by molar-refractivity contribution is -0.123. The highest BCUT2D eigenvalue weighted by molar-refractivity contribution is 5.97. The Morgan fingerprint density at radius 1 is 0.971 bits per heavy atom. The number of carbonyl (C=O) groups is 2. The third-order valence-corrected chi connectivity index (χ3v) is 5.96. The molecule has 3 aromatic rings. The lowest BCUT2D eigenvalue weighted by atomic mass is 9.94. The van der Waals surface area contributed by atoms with Crippen molar-refractivity contribution in [2.75, 3.05) is 13.1 Å². The monoisotopic (exact) mass is 474 g/mol. The van der Waals surface area contributed by atoms with Crippen molar-refractivity contribution in [3.05, 3.63) is 83.4 Å². The molecule has 0 saturated heterocycles. The van der Waals surface area contributed by atoms with Gasteiger partial charge in [-0.3, -0.25) is 14.6 Å². The predicted octanol–water partition coefficient (Wildman–Crippen LogP) is 2.37. The van der Waals surface area contributed by atoms with E-state index in [4.69, 9.17) is 17.2 Å². The fraction of sp³-hybridized carbons (Fsp3) is 0.296. The largest absolute Gasteiger partial charge is 0.370 e. The highest BCUT2D eigenvalue weighted by Crippen LogP contribution is 2.25. The number of hydrogen-bond acceptors (Lipinski definition) is 4. The van der Waals surface area contributed by atoms with Crippen LogP contribution >= 0.6 is 0 Å². The molecule has 3 aromatic carbocycles. The number of nitrogens with zero attached hydrogens (tertiary/aromatic N) is 1. The standard InChI is InChI=1S/C27H34N6O2/c1-18(22-9-4-7-20-6-2-3-8-23(20)22)17-32-26(35)24(10-5-15-31-27(29)30)33-25(34)21-13-11-19(16-28)12-14-21/h2-4,6-9,11-14,18,24H,5,10,15-17,28H2,1H3,(H,32,35)(H,33,34)(H4,29,30,31)/t18-,24+/m1/s1. The van der Waals surface area contributed by atoms with Gasteiger partial charge in [-0.1, -0.05) is 61.5 Å². The quantitative estimate of drug-likeness (QED) is 0.164. The molecule has 3 rings (SSSR count). The van der Waals surface area contributed by atoms with Crippen LogP contribution in [-0.4, -0.2) is 36.9 Å². The van der Waals surface area contributed by atoms with Crippen LogP contribution in [0.4, 0.5) is 0 Å². The van der Waals surface area contributed by atoms with Crippen LogP contribution in [-0.2, 0) is 11.3 Å². The zero-order chi connectivity index (χ0) is 25.2. The maximum Gasteiger partial charge on any atom is 0.251 e. The lowest BCUT2D eigenvalue weighted by Gasteiger charge is -2.21. The molecule has 0 radical (unpaired) electrons. The van der Waals surface area contributed by atoms with Crippen LogP contribution in [0.1, 0.15) is 47.2 Å². The molecule has 2 atom stereocenters. The average molecular weight is 475 g/mol. The summed E-state index contributed by atoms with van der Waals surface area (Å²) in [5.41, 5.74) is 19.0. The fourth-order valence-corrected chi connectivity index (χ4v) is 3.97. The van der Waals surface area contributed by atoms with Gasteiger partial charge in [0.15, 0.2) is 5.96 Å². The Morgan fingerprint density at radius 2 is 1.69 bits per heavy atom. The zero-order valence-corrected chi connectivity index (χ0v) is 20.0. The summed E-state index contributed by atoms with van der Waals surface area (Å²) < 4.78 is 0.